The molecule has 0 aliphatic carbocycles. The highest BCUT2D eigenvalue weighted by Crippen LogP contribution is 2.29. The Morgan fingerprint density at radius 2 is 1.74 bits per heavy atom. The Bertz CT molecular complexity index is 445. The molecule has 0 fully saturated rings. The van der Waals surface area contributed by atoms with Crippen LogP contribution < -0.4 is 0 Å². The standard InChI is InChI=1S/C17H25FN/c1-12(2)14-5-7-15(8-6-14)16-9-10-19(13(3)4)11-17(16)18/h5-8,11-13,16-17H,9-10H2,1-4H3/q+1/t16-,17-/m0/s1. The third-order valence-electron chi connectivity index (χ3n) is 4.11. The fourth-order valence-electron chi connectivity index (χ4n) is 2.72. The number of halogens is 1. The highest BCUT2D eigenvalue weighted by molar-refractivity contribution is 5.60. The lowest BCUT2D eigenvalue weighted by Crippen LogP contribution is -2.35. The van der Waals surface area contributed by atoms with Crippen molar-refractivity contribution < 1.29 is 8.97 Å². The molecule has 1 nitrogen and oxygen atoms in total. The lowest BCUT2D eigenvalue weighted by atomic mass is 9.88. The van der Waals surface area contributed by atoms with Gasteiger partial charge in [-0.05, 0) is 30.9 Å². The van der Waals surface area contributed by atoms with Crippen molar-refractivity contribution in [2.45, 2.75) is 58.2 Å². The van der Waals surface area contributed by atoms with Gasteiger partial charge in [-0.25, -0.2) is 8.97 Å². The largest absolute Gasteiger partial charge is 0.236 e. The number of hydrogen-bond donors (Lipinski definition) is 0. The van der Waals surface area contributed by atoms with E-state index in [0.717, 1.165) is 18.5 Å². The maximum Gasteiger partial charge on any atom is 0.183 e. The van der Waals surface area contributed by atoms with Crippen LogP contribution in [0.4, 0.5) is 4.39 Å². The Kier molecular flexibility index (Phi) is 4.38. The van der Waals surface area contributed by atoms with Gasteiger partial charge in [-0.2, -0.15) is 0 Å². The Morgan fingerprint density at radius 1 is 1.11 bits per heavy atom. The van der Waals surface area contributed by atoms with Crippen LogP contribution in [0.25, 0.3) is 0 Å². The first kappa shape index (κ1) is 14.2. The lowest BCUT2D eigenvalue weighted by molar-refractivity contribution is -0.561. The number of alkyl halides is 1. The van der Waals surface area contributed by atoms with Gasteiger partial charge in [0.1, 0.15) is 12.6 Å². The first-order chi connectivity index (χ1) is 8.99. The van der Waals surface area contributed by atoms with Crippen molar-refractivity contribution in [2.24, 2.45) is 0 Å². The second-order valence-electron chi connectivity index (χ2n) is 6.14. The predicted molar refractivity (Wildman–Crippen MR) is 79.1 cm³/mol. The molecule has 0 saturated carbocycles. The molecule has 19 heavy (non-hydrogen) atoms. The number of hydrogen-bond acceptors (Lipinski definition) is 0. The summed E-state index contributed by atoms with van der Waals surface area (Å²) in [7, 11) is 0. The molecule has 2 atom stereocenters. The maximum atomic E-state index is 14.3. The van der Waals surface area contributed by atoms with Crippen LogP contribution in [-0.2, 0) is 0 Å². The van der Waals surface area contributed by atoms with E-state index in [0.29, 0.717) is 12.0 Å². The minimum Gasteiger partial charge on any atom is -0.236 e. The minimum absolute atomic E-state index is 0.0243. The maximum absolute atomic E-state index is 14.3. The van der Waals surface area contributed by atoms with Crippen molar-refractivity contribution in [1.29, 1.82) is 0 Å². The van der Waals surface area contributed by atoms with Crippen LogP contribution in [0, 0.1) is 0 Å². The van der Waals surface area contributed by atoms with E-state index in [-0.39, 0.29) is 5.92 Å². The highest BCUT2D eigenvalue weighted by Gasteiger charge is 2.31. The molecule has 1 aliphatic heterocycles. The summed E-state index contributed by atoms with van der Waals surface area (Å²) in [6, 6.07) is 8.88. The molecule has 1 aromatic carbocycles. The van der Waals surface area contributed by atoms with Gasteiger partial charge in [0.2, 0.25) is 0 Å². The fourth-order valence-corrected chi connectivity index (χ4v) is 2.72. The third kappa shape index (κ3) is 3.23. The molecule has 0 N–H and O–H groups in total. The van der Waals surface area contributed by atoms with Gasteiger partial charge in [0.15, 0.2) is 12.4 Å². The van der Waals surface area contributed by atoms with Crippen LogP contribution in [-0.4, -0.2) is 29.5 Å². The van der Waals surface area contributed by atoms with Gasteiger partial charge in [0, 0.05) is 12.3 Å². The van der Waals surface area contributed by atoms with Crippen LogP contribution in [0.1, 0.15) is 57.1 Å². The molecule has 0 saturated heterocycles. The van der Waals surface area contributed by atoms with Crippen LogP contribution >= 0.6 is 0 Å². The summed E-state index contributed by atoms with van der Waals surface area (Å²) in [4.78, 5) is 0. The normalized spacial score (nSPS) is 23.8. The molecular weight excluding hydrogens is 237 g/mol. The van der Waals surface area contributed by atoms with Crippen molar-refractivity contribution in [3.8, 4) is 0 Å². The monoisotopic (exact) mass is 262 g/mol. The molecule has 1 heterocycles. The van der Waals surface area contributed by atoms with E-state index in [1.807, 2.05) is 0 Å². The van der Waals surface area contributed by atoms with Crippen molar-refractivity contribution in [1.82, 2.24) is 0 Å². The molecule has 0 aromatic heterocycles. The zero-order chi connectivity index (χ0) is 14.0. The average molecular weight is 262 g/mol. The Hall–Kier alpha value is -1.18. The molecule has 0 radical (unpaired) electrons. The summed E-state index contributed by atoms with van der Waals surface area (Å²) in [5.74, 6) is 0.556. The van der Waals surface area contributed by atoms with Crippen molar-refractivity contribution >= 4 is 6.21 Å². The van der Waals surface area contributed by atoms with Crippen LogP contribution in [0.2, 0.25) is 0 Å². The van der Waals surface area contributed by atoms with Gasteiger partial charge in [-0.3, -0.25) is 0 Å². The minimum atomic E-state index is -0.860. The molecule has 0 bridgehead atoms. The van der Waals surface area contributed by atoms with E-state index < -0.39 is 6.17 Å². The average Bonchev–Trinajstić information content (AvgIpc) is 2.38. The SMILES string of the molecule is CC(C)c1ccc([C@@H]2CC[N+](C(C)C)=C[C@@H]2F)cc1. The van der Waals surface area contributed by atoms with E-state index >= 15 is 0 Å². The van der Waals surface area contributed by atoms with E-state index in [4.69, 9.17) is 0 Å². The predicted octanol–water partition coefficient (Wildman–Crippen LogP) is 4.13. The second kappa shape index (κ2) is 5.85. The van der Waals surface area contributed by atoms with Crippen molar-refractivity contribution in [3.05, 3.63) is 35.4 Å². The van der Waals surface area contributed by atoms with Gasteiger partial charge >= 0.3 is 0 Å². The molecule has 1 aromatic rings. The lowest BCUT2D eigenvalue weighted by Gasteiger charge is -2.23. The Labute approximate surface area is 116 Å². The molecule has 0 spiro atoms. The topological polar surface area (TPSA) is 3.01 Å². The van der Waals surface area contributed by atoms with Gasteiger partial charge < -0.3 is 0 Å². The summed E-state index contributed by atoms with van der Waals surface area (Å²) in [6.45, 7) is 9.54. The van der Waals surface area contributed by atoms with E-state index in [9.17, 15) is 4.39 Å². The van der Waals surface area contributed by atoms with E-state index in [2.05, 4.69) is 56.5 Å². The first-order valence-corrected chi connectivity index (χ1v) is 7.33. The number of benzene rings is 1. The van der Waals surface area contributed by atoms with Gasteiger partial charge in [0.05, 0.1) is 0 Å². The highest BCUT2D eigenvalue weighted by atomic mass is 19.1. The molecule has 1 aliphatic rings. The second-order valence-corrected chi connectivity index (χ2v) is 6.14. The van der Waals surface area contributed by atoms with Crippen LogP contribution in [0.15, 0.2) is 24.3 Å². The van der Waals surface area contributed by atoms with Crippen molar-refractivity contribution in [2.75, 3.05) is 6.54 Å². The smallest absolute Gasteiger partial charge is 0.183 e. The van der Waals surface area contributed by atoms with Crippen molar-refractivity contribution in [3.63, 3.8) is 0 Å². The Morgan fingerprint density at radius 3 is 2.21 bits per heavy atom. The molecule has 2 rings (SSSR count). The van der Waals surface area contributed by atoms with Crippen LogP contribution in [0.3, 0.4) is 0 Å². The quantitative estimate of drug-likeness (QED) is 0.721. The summed E-state index contributed by atoms with van der Waals surface area (Å²) >= 11 is 0. The first-order valence-electron chi connectivity index (χ1n) is 7.33. The number of rotatable bonds is 3. The van der Waals surface area contributed by atoms with E-state index in [1.165, 1.54) is 5.56 Å². The zero-order valence-electron chi connectivity index (χ0n) is 12.4. The van der Waals surface area contributed by atoms with Gasteiger partial charge in [0.25, 0.3) is 0 Å². The molecule has 0 unspecified atom stereocenters. The summed E-state index contributed by atoms with van der Waals surface area (Å²) in [6.07, 6.45) is 1.81. The summed E-state index contributed by atoms with van der Waals surface area (Å²) in [5.41, 5.74) is 2.46. The molecular formula is C17H25FN+. The fraction of sp³-hybridized carbons (Fsp3) is 0.588. The summed E-state index contributed by atoms with van der Waals surface area (Å²) < 4.78 is 16.4. The van der Waals surface area contributed by atoms with Crippen LogP contribution in [0.5, 0.6) is 0 Å². The third-order valence-corrected chi connectivity index (χ3v) is 4.11. The number of nitrogens with zero attached hydrogens (tertiary/aromatic N) is 1. The van der Waals surface area contributed by atoms with Gasteiger partial charge in [-0.15, -0.1) is 0 Å². The summed E-state index contributed by atoms with van der Waals surface area (Å²) in [5, 5.41) is 0. The zero-order valence-corrected chi connectivity index (χ0v) is 12.4. The Balaban J connectivity index is 2.15. The molecule has 0 amide bonds. The molecule has 2 heteroatoms. The van der Waals surface area contributed by atoms with E-state index in [1.54, 1.807) is 6.21 Å². The van der Waals surface area contributed by atoms with Gasteiger partial charge in [-0.1, -0.05) is 38.1 Å². The molecule has 104 valence electrons.